The summed E-state index contributed by atoms with van der Waals surface area (Å²) in [6.45, 7) is 0.988. The largest absolute Gasteiger partial charge is 0.370 e. The number of nitrogens with zero attached hydrogens (tertiary/aromatic N) is 3. The number of nitrogens with one attached hydrogen (secondary N) is 1. The summed E-state index contributed by atoms with van der Waals surface area (Å²) in [6, 6.07) is 3.39. The van der Waals surface area contributed by atoms with Crippen LogP contribution in [0.3, 0.4) is 0 Å². The van der Waals surface area contributed by atoms with E-state index in [9.17, 15) is 0 Å². The molecule has 1 N–H and O–H groups in total. The number of piperidine rings is 1. The normalized spacial score (nSPS) is 29.6. The topological polar surface area (TPSA) is 41.1 Å². The maximum absolute atomic E-state index is 6.01. The lowest BCUT2D eigenvalue weighted by Crippen LogP contribution is -2.41. The highest BCUT2D eigenvalue weighted by Gasteiger charge is 2.38. The number of fused-ring (bicyclic) bond motifs is 2. The van der Waals surface area contributed by atoms with E-state index < -0.39 is 0 Å². The zero-order valence-corrected chi connectivity index (χ0v) is 13.5. The van der Waals surface area contributed by atoms with Gasteiger partial charge in [-0.2, -0.15) is 0 Å². The number of thioether (sulfide) groups is 1. The van der Waals surface area contributed by atoms with Crippen LogP contribution in [-0.2, 0) is 0 Å². The van der Waals surface area contributed by atoms with Crippen molar-refractivity contribution in [2.75, 3.05) is 25.2 Å². The van der Waals surface area contributed by atoms with Crippen molar-refractivity contribution in [2.24, 2.45) is 5.92 Å². The predicted molar refractivity (Wildman–Crippen MR) is 84.6 cm³/mol. The summed E-state index contributed by atoms with van der Waals surface area (Å²) >= 11 is 7.53. The third kappa shape index (κ3) is 3.05. The van der Waals surface area contributed by atoms with Gasteiger partial charge in [0.1, 0.15) is 11.0 Å². The number of anilines is 1. The van der Waals surface area contributed by atoms with Gasteiger partial charge in [-0.05, 0) is 44.9 Å². The summed E-state index contributed by atoms with van der Waals surface area (Å²) < 4.78 is 0. The van der Waals surface area contributed by atoms with Crippen LogP contribution in [0.2, 0.25) is 5.15 Å². The average molecular weight is 313 g/mol. The van der Waals surface area contributed by atoms with Crippen molar-refractivity contribution < 1.29 is 0 Å². The van der Waals surface area contributed by atoms with E-state index in [1.165, 1.54) is 37.4 Å². The molecular formula is C14H21ClN4S. The lowest BCUT2D eigenvalue weighted by atomic mass is 9.91. The van der Waals surface area contributed by atoms with E-state index in [1.807, 2.05) is 12.3 Å². The Bertz CT molecular complexity index is 470. The van der Waals surface area contributed by atoms with Crippen molar-refractivity contribution in [1.29, 1.82) is 0 Å². The Morgan fingerprint density at radius 2 is 2.05 bits per heavy atom. The Labute approximate surface area is 129 Å². The number of aromatic nitrogens is 2. The molecule has 2 unspecified atom stereocenters. The molecule has 110 valence electrons. The first-order valence-electron chi connectivity index (χ1n) is 7.20. The molecule has 0 spiro atoms. The summed E-state index contributed by atoms with van der Waals surface area (Å²) in [6.07, 6.45) is 7.30. The molecule has 6 heteroatoms. The summed E-state index contributed by atoms with van der Waals surface area (Å²) in [5.74, 6) is 1.59. The van der Waals surface area contributed by atoms with Crippen molar-refractivity contribution in [3.05, 3.63) is 11.2 Å². The summed E-state index contributed by atoms with van der Waals surface area (Å²) in [5, 5.41) is 4.68. The zero-order chi connectivity index (χ0) is 14.1. The van der Waals surface area contributed by atoms with E-state index >= 15 is 0 Å². The van der Waals surface area contributed by atoms with Crippen LogP contribution < -0.4 is 5.32 Å². The smallest absolute Gasteiger partial charge is 0.190 e. The maximum Gasteiger partial charge on any atom is 0.190 e. The van der Waals surface area contributed by atoms with Crippen LogP contribution in [0.25, 0.3) is 0 Å². The summed E-state index contributed by atoms with van der Waals surface area (Å²) in [5.41, 5.74) is 0. The quantitative estimate of drug-likeness (QED) is 0.525. The number of hydrogen-bond donors (Lipinski definition) is 1. The Morgan fingerprint density at radius 3 is 2.70 bits per heavy atom. The first-order valence-corrected chi connectivity index (χ1v) is 8.80. The third-order valence-corrected chi connectivity index (χ3v) is 5.37. The zero-order valence-electron chi connectivity index (χ0n) is 12.0. The van der Waals surface area contributed by atoms with Crippen LogP contribution in [-0.4, -0.2) is 46.8 Å². The number of rotatable bonds is 4. The summed E-state index contributed by atoms with van der Waals surface area (Å²) in [7, 11) is 2.28. The molecule has 2 aliphatic rings. The Morgan fingerprint density at radius 1 is 1.35 bits per heavy atom. The molecule has 20 heavy (non-hydrogen) atoms. The van der Waals surface area contributed by atoms with Gasteiger partial charge in [-0.25, -0.2) is 9.97 Å². The van der Waals surface area contributed by atoms with Crippen molar-refractivity contribution in [2.45, 2.75) is 42.9 Å². The second-order valence-corrected chi connectivity index (χ2v) is 6.99. The number of halogens is 1. The monoisotopic (exact) mass is 312 g/mol. The molecule has 0 radical (unpaired) electrons. The van der Waals surface area contributed by atoms with Crippen molar-refractivity contribution in [1.82, 2.24) is 14.9 Å². The maximum atomic E-state index is 6.01. The van der Waals surface area contributed by atoms with Crippen molar-refractivity contribution in [3.63, 3.8) is 0 Å². The standard InChI is InChI=1S/C14H21ClN4S/c1-19-10-3-4-11(19)6-9(5-10)8-16-13-7-12(15)17-14(18-13)20-2/h7,9-11H,3-6,8H2,1-2H3,(H,16,17,18). The van der Waals surface area contributed by atoms with E-state index in [4.69, 9.17) is 11.6 Å². The van der Waals surface area contributed by atoms with E-state index in [0.717, 1.165) is 35.5 Å². The van der Waals surface area contributed by atoms with Crippen LogP contribution in [0.15, 0.2) is 11.2 Å². The molecule has 4 nitrogen and oxygen atoms in total. The van der Waals surface area contributed by atoms with Gasteiger partial charge in [0.2, 0.25) is 0 Å². The van der Waals surface area contributed by atoms with E-state index in [-0.39, 0.29) is 0 Å². The van der Waals surface area contributed by atoms with Crippen molar-refractivity contribution >= 4 is 29.2 Å². The van der Waals surface area contributed by atoms with Gasteiger partial charge in [0.25, 0.3) is 0 Å². The predicted octanol–water partition coefficient (Wildman–Crippen LogP) is 3.14. The Balaban J connectivity index is 1.59. The minimum absolute atomic E-state index is 0.510. The van der Waals surface area contributed by atoms with Gasteiger partial charge >= 0.3 is 0 Å². The van der Waals surface area contributed by atoms with Gasteiger partial charge in [0.15, 0.2) is 5.16 Å². The fourth-order valence-corrected chi connectivity index (χ4v) is 4.13. The highest BCUT2D eigenvalue weighted by molar-refractivity contribution is 7.98. The fraction of sp³-hybridized carbons (Fsp3) is 0.714. The van der Waals surface area contributed by atoms with E-state index in [0.29, 0.717) is 5.15 Å². The molecule has 0 saturated carbocycles. The third-order valence-electron chi connectivity index (χ3n) is 4.62. The summed E-state index contributed by atoms with van der Waals surface area (Å²) in [4.78, 5) is 11.2. The van der Waals surface area contributed by atoms with Crippen LogP contribution in [0.5, 0.6) is 0 Å². The minimum Gasteiger partial charge on any atom is -0.370 e. The molecule has 2 bridgehead atoms. The fourth-order valence-electron chi connectivity index (χ4n) is 3.52. The molecule has 1 aromatic heterocycles. The van der Waals surface area contributed by atoms with Gasteiger partial charge < -0.3 is 10.2 Å². The van der Waals surface area contributed by atoms with E-state index in [2.05, 4.69) is 27.2 Å². The lowest BCUT2D eigenvalue weighted by Gasteiger charge is -2.36. The van der Waals surface area contributed by atoms with Crippen LogP contribution in [0.1, 0.15) is 25.7 Å². The van der Waals surface area contributed by atoms with Crippen LogP contribution >= 0.6 is 23.4 Å². The molecule has 0 aromatic carbocycles. The highest BCUT2D eigenvalue weighted by atomic mass is 35.5. The minimum atomic E-state index is 0.510. The first kappa shape index (κ1) is 14.4. The van der Waals surface area contributed by atoms with Gasteiger partial charge in [-0.1, -0.05) is 23.4 Å². The van der Waals surface area contributed by atoms with Crippen LogP contribution in [0, 0.1) is 5.92 Å². The molecule has 2 saturated heterocycles. The molecule has 0 amide bonds. The molecule has 3 heterocycles. The second-order valence-electron chi connectivity index (χ2n) is 5.83. The molecule has 2 atom stereocenters. The number of hydrogen-bond acceptors (Lipinski definition) is 5. The van der Waals surface area contributed by atoms with Gasteiger partial charge in [-0.3, -0.25) is 0 Å². The molecule has 2 fully saturated rings. The molecule has 0 aliphatic carbocycles. The molecule has 1 aromatic rings. The van der Waals surface area contributed by atoms with Crippen LogP contribution in [0.4, 0.5) is 5.82 Å². The molecule has 2 aliphatic heterocycles. The van der Waals surface area contributed by atoms with Crippen molar-refractivity contribution in [3.8, 4) is 0 Å². The SMILES string of the molecule is CSc1nc(Cl)cc(NCC2CC3CCC(C2)N3C)n1. The first-order chi connectivity index (χ1) is 9.65. The highest BCUT2D eigenvalue weighted by Crippen LogP contribution is 2.37. The Hall–Kier alpha value is -0.520. The molecular weight excluding hydrogens is 292 g/mol. The van der Waals surface area contributed by atoms with Gasteiger partial charge in [0, 0.05) is 24.7 Å². The lowest BCUT2D eigenvalue weighted by molar-refractivity contribution is 0.139. The second kappa shape index (κ2) is 6.08. The van der Waals surface area contributed by atoms with E-state index in [1.54, 1.807) is 0 Å². The molecule has 3 rings (SSSR count). The average Bonchev–Trinajstić information content (AvgIpc) is 2.66. The van der Waals surface area contributed by atoms with Gasteiger partial charge in [0.05, 0.1) is 0 Å². The van der Waals surface area contributed by atoms with Gasteiger partial charge in [-0.15, -0.1) is 0 Å². The Kier molecular flexibility index (Phi) is 4.38.